The monoisotopic (exact) mass is 282 g/mol. The lowest BCUT2D eigenvalue weighted by Crippen LogP contribution is -2.57. The van der Waals surface area contributed by atoms with Gasteiger partial charge in [0.15, 0.2) is 5.15 Å². The van der Waals surface area contributed by atoms with Gasteiger partial charge in [-0.05, 0) is 58.9 Å². The second kappa shape index (κ2) is 4.60. The number of nitrogens with one attached hydrogen (secondary N) is 1. The largest absolute Gasteiger partial charge is 0.382 e. The van der Waals surface area contributed by atoms with Gasteiger partial charge in [-0.2, -0.15) is 0 Å². The fourth-order valence-corrected chi connectivity index (χ4v) is 3.71. The molecular formula is C14H23ClN4. The molecule has 0 radical (unpaired) electrons. The summed E-state index contributed by atoms with van der Waals surface area (Å²) < 4.78 is 0. The van der Waals surface area contributed by atoms with Crippen LogP contribution in [0.25, 0.3) is 0 Å². The number of halogens is 1. The summed E-state index contributed by atoms with van der Waals surface area (Å²) in [7, 11) is 0. The highest BCUT2D eigenvalue weighted by atomic mass is 35.5. The lowest BCUT2D eigenvalue weighted by Gasteiger charge is -2.47. The van der Waals surface area contributed by atoms with Gasteiger partial charge in [-0.25, -0.2) is 0 Å². The van der Waals surface area contributed by atoms with E-state index in [9.17, 15) is 0 Å². The highest BCUT2D eigenvalue weighted by molar-refractivity contribution is 6.30. The predicted molar refractivity (Wildman–Crippen MR) is 79.5 cm³/mol. The molecule has 1 aliphatic heterocycles. The second-order valence-corrected chi connectivity index (χ2v) is 7.27. The maximum absolute atomic E-state index is 6.10. The van der Waals surface area contributed by atoms with Gasteiger partial charge in [0.25, 0.3) is 0 Å². The Labute approximate surface area is 120 Å². The summed E-state index contributed by atoms with van der Waals surface area (Å²) in [6, 6.07) is 0. The minimum Gasteiger partial charge on any atom is -0.382 e. The molecule has 1 aliphatic rings. The molecule has 0 unspecified atom stereocenters. The van der Waals surface area contributed by atoms with Crippen molar-refractivity contribution in [3.05, 3.63) is 16.3 Å². The SMILES string of the molecule is Cc1c(Cl)nnc(N)c1C1CC(C)(C)NC(C)(C)C1. The molecule has 0 aromatic carbocycles. The summed E-state index contributed by atoms with van der Waals surface area (Å²) in [5.41, 5.74) is 8.22. The molecule has 1 fully saturated rings. The van der Waals surface area contributed by atoms with Crippen molar-refractivity contribution in [2.45, 2.75) is 64.5 Å². The number of nitrogens with two attached hydrogens (primary N) is 1. The van der Waals surface area contributed by atoms with Gasteiger partial charge in [0, 0.05) is 16.6 Å². The Kier molecular flexibility index (Phi) is 3.52. The van der Waals surface area contributed by atoms with Gasteiger partial charge in [-0.3, -0.25) is 0 Å². The van der Waals surface area contributed by atoms with Gasteiger partial charge in [0.2, 0.25) is 0 Å². The summed E-state index contributed by atoms with van der Waals surface area (Å²) in [5.74, 6) is 0.875. The summed E-state index contributed by atoms with van der Waals surface area (Å²) >= 11 is 6.10. The molecule has 2 rings (SSSR count). The van der Waals surface area contributed by atoms with Crippen molar-refractivity contribution in [2.24, 2.45) is 0 Å². The number of hydrogen-bond donors (Lipinski definition) is 2. The normalized spacial score (nSPS) is 22.4. The average molecular weight is 283 g/mol. The van der Waals surface area contributed by atoms with Crippen molar-refractivity contribution < 1.29 is 0 Å². The number of nitrogens with zero attached hydrogens (tertiary/aromatic N) is 2. The third-order valence-corrected chi connectivity index (χ3v) is 4.19. The van der Waals surface area contributed by atoms with Gasteiger partial charge in [-0.1, -0.05) is 11.6 Å². The van der Waals surface area contributed by atoms with Crippen LogP contribution in [0, 0.1) is 6.92 Å². The molecule has 1 aromatic rings. The summed E-state index contributed by atoms with van der Waals surface area (Å²) in [4.78, 5) is 0. The number of nitrogen functional groups attached to an aromatic ring is 1. The van der Waals surface area contributed by atoms with Crippen LogP contribution in [0.15, 0.2) is 0 Å². The minimum atomic E-state index is 0.0705. The quantitative estimate of drug-likeness (QED) is 0.831. The molecule has 0 amide bonds. The fraction of sp³-hybridized carbons (Fsp3) is 0.714. The van der Waals surface area contributed by atoms with Crippen LogP contribution in [0.5, 0.6) is 0 Å². The number of anilines is 1. The Morgan fingerprint density at radius 1 is 1.16 bits per heavy atom. The maximum atomic E-state index is 6.10. The van der Waals surface area contributed by atoms with Gasteiger partial charge in [0.05, 0.1) is 0 Å². The first-order valence-corrected chi connectivity index (χ1v) is 7.07. The molecule has 0 bridgehead atoms. The van der Waals surface area contributed by atoms with Crippen LogP contribution in [0.2, 0.25) is 5.15 Å². The lowest BCUT2D eigenvalue weighted by atomic mass is 9.72. The first-order chi connectivity index (χ1) is 8.61. The third kappa shape index (κ3) is 3.00. The van der Waals surface area contributed by atoms with Crippen LogP contribution in [-0.2, 0) is 0 Å². The number of rotatable bonds is 1. The van der Waals surface area contributed by atoms with Crippen molar-refractivity contribution in [3.8, 4) is 0 Å². The molecule has 1 saturated heterocycles. The van der Waals surface area contributed by atoms with Gasteiger partial charge < -0.3 is 11.1 Å². The van der Waals surface area contributed by atoms with Crippen LogP contribution in [0.4, 0.5) is 5.82 Å². The van der Waals surface area contributed by atoms with Gasteiger partial charge in [0.1, 0.15) is 5.82 Å². The Morgan fingerprint density at radius 3 is 2.21 bits per heavy atom. The highest BCUT2D eigenvalue weighted by Crippen LogP contribution is 2.42. The summed E-state index contributed by atoms with van der Waals surface area (Å²) in [5, 5.41) is 12.0. The van der Waals surface area contributed by atoms with Crippen molar-refractivity contribution in [1.29, 1.82) is 0 Å². The van der Waals surface area contributed by atoms with Crippen molar-refractivity contribution in [2.75, 3.05) is 5.73 Å². The molecule has 2 heterocycles. The summed E-state index contributed by atoms with van der Waals surface area (Å²) in [6.07, 6.45) is 2.03. The topological polar surface area (TPSA) is 63.8 Å². The van der Waals surface area contributed by atoms with Crippen LogP contribution < -0.4 is 11.1 Å². The van der Waals surface area contributed by atoms with E-state index in [1.807, 2.05) is 6.92 Å². The molecule has 0 aliphatic carbocycles. The highest BCUT2D eigenvalue weighted by Gasteiger charge is 2.39. The Balaban J connectivity index is 2.44. The summed E-state index contributed by atoms with van der Waals surface area (Å²) in [6.45, 7) is 10.9. The molecular weight excluding hydrogens is 260 g/mol. The standard InChI is InChI=1S/C14H23ClN4/c1-8-10(12(16)18-17-11(8)15)9-6-13(2,3)19-14(4,5)7-9/h9,19H,6-7H2,1-5H3,(H2,16,18). The zero-order valence-electron chi connectivity index (χ0n) is 12.3. The molecule has 0 saturated carbocycles. The van der Waals surface area contributed by atoms with Gasteiger partial charge >= 0.3 is 0 Å². The Bertz CT molecular complexity index is 480. The molecule has 0 atom stereocenters. The predicted octanol–water partition coefficient (Wildman–Crippen LogP) is 3.04. The molecule has 19 heavy (non-hydrogen) atoms. The minimum absolute atomic E-state index is 0.0705. The average Bonchev–Trinajstić information content (AvgIpc) is 2.19. The molecule has 3 N–H and O–H groups in total. The van der Waals surface area contributed by atoms with Crippen molar-refractivity contribution >= 4 is 17.4 Å². The molecule has 106 valence electrons. The van der Waals surface area contributed by atoms with Crippen LogP contribution in [0.3, 0.4) is 0 Å². The zero-order chi connectivity index (χ0) is 14.4. The second-order valence-electron chi connectivity index (χ2n) is 6.91. The van der Waals surface area contributed by atoms with E-state index in [0.29, 0.717) is 16.9 Å². The molecule has 1 aromatic heterocycles. The van der Waals surface area contributed by atoms with E-state index in [1.165, 1.54) is 0 Å². The lowest BCUT2D eigenvalue weighted by molar-refractivity contribution is 0.161. The van der Waals surface area contributed by atoms with E-state index in [4.69, 9.17) is 17.3 Å². The van der Waals surface area contributed by atoms with Gasteiger partial charge in [-0.15, -0.1) is 10.2 Å². The van der Waals surface area contributed by atoms with E-state index in [-0.39, 0.29) is 11.1 Å². The van der Waals surface area contributed by atoms with Crippen molar-refractivity contribution in [1.82, 2.24) is 15.5 Å². The van der Waals surface area contributed by atoms with Crippen LogP contribution in [-0.4, -0.2) is 21.3 Å². The Morgan fingerprint density at radius 2 is 1.68 bits per heavy atom. The Hall–Kier alpha value is -0.870. The van der Waals surface area contributed by atoms with E-state index < -0.39 is 0 Å². The first kappa shape index (κ1) is 14.5. The first-order valence-electron chi connectivity index (χ1n) is 6.69. The van der Waals surface area contributed by atoms with Crippen LogP contribution >= 0.6 is 11.6 Å². The number of hydrogen-bond acceptors (Lipinski definition) is 4. The molecule has 5 heteroatoms. The van der Waals surface area contributed by atoms with E-state index in [1.54, 1.807) is 0 Å². The van der Waals surface area contributed by atoms with Crippen molar-refractivity contribution in [3.63, 3.8) is 0 Å². The molecule has 4 nitrogen and oxygen atoms in total. The van der Waals surface area contributed by atoms with E-state index >= 15 is 0 Å². The zero-order valence-corrected chi connectivity index (χ0v) is 13.1. The number of aromatic nitrogens is 2. The fourth-order valence-electron chi connectivity index (χ4n) is 3.57. The maximum Gasteiger partial charge on any atom is 0.155 e. The smallest absolute Gasteiger partial charge is 0.155 e. The molecule has 0 spiro atoms. The van der Waals surface area contributed by atoms with E-state index in [0.717, 1.165) is 24.0 Å². The third-order valence-electron chi connectivity index (χ3n) is 3.83. The van der Waals surface area contributed by atoms with Crippen LogP contribution in [0.1, 0.15) is 57.6 Å². The number of piperidine rings is 1. The van der Waals surface area contributed by atoms with E-state index in [2.05, 4.69) is 43.2 Å².